The number of phenols is 1. The zero-order chi connectivity index (χ0) is 13.1. The van der Waals surface area contributed by atoms with E-state index in [1.54, 1.807) is 25.1 Å². The molecule has 2 rings (SSSR count). The quantitative estimate of drug-likeness (QED) is 0.824. The van der Waals surface area contributed by atoms with E-state index < -0.39 is 0 Å². The molecule has 1 saturated carbocycles. The van der Waals surface area contributed by atoms with Crippen LogP contribution in [0.15, 0.2) is 18.2 Å². The van der Waals surface area contributed by atoms with Gasteiger partial charge in [-0.2, -0.15) is 0 Å². The molecule has 2 N–H and O–H groups in total. The average molecular weight is 312 g/mol. The molecule has 3 nitrogen and oxygen atoms in total. The highest BCUT2D eigenvalue weighted by Crippen LogP contribution is 2.25. The topological polar surface area (TPSA) is 49.3 Å². The summed E-state index contributed by atoms with van der Waals surface area (Å²) in [6.45, 7) is 1.79. The van der Waals surface area contributed by atoms with Gasteiger partial charge in [0.25, 0.3) is 5.91 Å². The lowest BCUT2D eigenvalue weighted by atomic mass is 9.95. The smallest absolute Gasteiger partial charge is 0.255 e. The minimum atomic E-state index is -0.172. The highest BCUT2D eigenvalue weighted by molar-refractivity contribution is 9.09. The van der Waals surface area contributed by atoms with Crippen molar-refractivity contribution in [1.29, 1.82) is 0 Å². The fourth-order valence-electron chi connectivity index (χ4n) is 2.30. The second-order valence-electron chi connectivity index (χ2n) is 4.89. The molecule has 0 saturated heterocycles. The molecule has 1 fully saturated rings. The lowest BCUT2D eigenvalue weighted by Gasteiger charge is -2.26. The third kappa shape index (κ3) is 3.05. The normalized spacial score (nSPS) is 23.7. The van der Waals surface area contributed by atoms with Gasteiger partial charge in [0.05, 0.1) is 5.56 Å². The summed E-state index contributed by atoms with van der Waals surface area (Å²) in [6, 6.07) is 5.47. The van der Waals surface area contributed by atoms with E-state index in [-0.39, 0.29) is 17.7 Å². The third-order valence-electron chi connectivity index (χ3n) is 3.47. The number of nitrogens with one attached hydrogen (secondary N) is 1. The number of hydrogen-bond acceptors (Lipinski definition) is 2. The number of hydrogen-bond donors (Lipinski definition) is 2. The molecular formula is C14H18BrNO2. The molecule has 1 aliphatic carbocycles. The summed E-state index contributed by atoms with van der Waals surface area (Å²) in [4.78, 5) is 12.7. The molecule has 0 bridgehead atoms. The molecule has 18 heavy (non-hydrogen) atoms. The van der Waals surface area contributed by atoms with E-state index in [1.807, 2.05) is 0 Å². The molecular weight excluding hydrogens is 294 g/mol. The molecule has 0 atom stereocenters. The first kappa shape index (κ1) is 13.4. The van der Waals surface area contributed by atoms with Crippen molar-refractivity contribution in [3.63, 3.8) is 0 Å². The lowest BCUT2D eigenvalue weighted by Crippen LogP contribution is -2.37. The largest absolute Gasteiger partial charge is 0.507 e. The lowest BCUT2D eigenvalue weighted by molar-refractivity contribution is 0.0925. The number of phenolic OH excluding ortho intramolecular Hbond substituents is 1. The maximum absolute atomic E-state index is 12.1. The fraction of sp³-hybridized carbons (Fsp3) is 0.500. The van der Waals surface area contributed by atoms with E-state index in [9.17, 15) is 9.90 Å². The van der Waals surface area contributed by atoms with E-state index >= 15 is 0 Å². The summed E-state index contributed by atoms with van der Waals surface area (Å²) >= 11 is 3.60. The minimum absolute atomic E-state index is 0.0872. The Balaban J connectivity index is 2.01. The van der Waals surface area contributed by atoms with Crippen LogP contribution in [0.1, 0.15) is 41.6 Å². The SMILES string of the molecule is Cc1cccc(C(=O)NC2CCC(Br)CC2)c1O. The van der Waals surface area contributed by atoms with Crippen LogP contribution in [0.2, 0.25) is 0 Å². The Bertz CT molecular complexity index is 439. The van der Waals surface area contributed by atoms with Crippen LogP contribution in [0.3, 0.4) is 0 Å². The molecule has 1 amide bonds. The van der Waals surface area contributed by atoms with Crippen LogP contribution in [0, 0.1) is 6.92 Å². The van der Waals surface area contributed by atoms with Crippen LogP contribution < -0.4 is 5.32 Å². The standard InChI is InChI=1S/C14H18BrNO2/c1-9-3-2-4-12(13(9)17)14(18)16-11-7-5-10(15)6-8-11/h2-4,10-11,17H,5-8H2,1H3,(H,16,18). The van der Waals surface area contributed by atoms with E-state index in [1.165, 1.54) is 0 Å². The first-order valence-electron chi connectivity index (χ1n) is 6.31. The van der Waals surface area contributed by atoms with Gasteiger partial charge in [0.1, 0.15) is 5.75 Å². The molecule has 0 heterocycles. The Hall–Kier alpha value is -1.03. The molecule has 0 unspecified atom stereocenters. The molecule has 0 spiro atoms. The van der Waals surface area contributed by atoms with Gasteiger partial charge in [-0.25, -0.2) is 0 Å². The van der Waals surface area contributed by atoms with Crippen molar-refractivity contribution in [2.75, 3.05) is 0 Å². The van der Waals surface area contributed by atoms with Gasteiger partial charge >= 0.3 is 0 Å². The third-order valence-corrected chi connectivity index (χ3v) is 4.39. The summed E-state index contributed by atoms with van der Waals surface area (Å²) in [5.74, 6) is -0.0848. The van der Waals surface area contributed by atoms with E-state index in [0.29, 0.717) is 10.4 Å². The Kier molecular flexibility index (Phi) is 4.27. The second-order valence-corrected chi connectivity index (χ2v) is 6.19. The van der Waals surface area contributed by atoms with Crippen LogP contribution in [0.25, 0.3) is 0 Å². The Morgan fingerprint density at radius 2 is 2.00 bits per heavy atom. The molecule has 98 valence electrons. The van der Waals surface area contributed by atoms with Gasteiger partial charge in [0.2, 0.25) is 0 Å². The van der Waals surface area contributed by atoms with Gasteiger partial charge in [-0.1, -0.05) is 28.1 Å². The van der Waals surface area contributed by atoms with Crippen molar-refractivity contribution in [1.82, 2.24) is 5.32 Å². The number of halogens is 1. The number of carbonyl (C=O) groups excluding carboxylic acids is 1. The van der Waals surface area contributed by atoms with Gasteiger partial charge in [-0.15, -0.1) is 0 Å². The highest BCUT2D eigenvalue weighted by atomic mass is 79.9. The predicted molar refractivity (Wildman–Crippen MR) is 75.3 cm³/mol. The summed E-state index contributed by atoms with van der Waals surface area (Å²) < 4.78 is 0. The number of aromatic hydroxyl groups is 1. The average Bonchev–Trinajstić information content (AvgIpc) is 2.35. The molecule has 0 radical (unpaired) electrons. The Labute approximate surface area is 116 Å². The second kappa shape index (κ2) is 5.74. The molecule has 1 aromatic rings. The summed E-state index contributed by atoms with van der Waals surface area (Å²) in [5, 5.41) is 12.9. The number of alkyl halides is 1. The van der Waals surface area contributed by atoms with Crippen molar-refractivity contribution >= 4 is 21.8 Å². The van der Waals surface area contributed by atoms with Crippen LogP contribution >= 0.6 is 15.9 Å². The maximum Gasteiger partial charge on any atom is 0.255 e. The summed E-state index contributed by atoms with van der Waals surface area (Å²) in [5.41, 5.74) is 1.10. The molecule has 0 aromatic heterocycles. The van der Waals surface area contributed by atoms with E-state index in [0.717, 1.165) is 31.2 Å². The monoisotopic (exact) mass is 311 g/mol. The molecule has 0 aliphatic heterocycles. The van der Waals surface area contributed by atoms with Gasteiger partial charge in [-0.3, -0.25) is 4.79 Å². The highest BCUT2D eigenvalue weighted by Gasteiger charge is 2.22. The number of rotatable bonds is 2. The summed E-state index contributed by atoms with van der Waals surface area (Å²) in [6.07, 6.45) is 4.16. The van der Waals surface area contributed by atoms with Gasteiger partial charge in [0.15, 0.2) is 0 Å². The molecule has 1 aromatic carbocycles. The van der Waals surface area contributed by atoms with Crippen molar-refractivity contribution in [2.24, 2.45) is 0 Å². The van der Waals surface area contributed by atoms with Crippen molar-refractivity contribution in [2.45, 2.75) is 43.5 Å². The first-order valence-corrected chi connectivity index (χ1v) is 7.23. The minimum Gasteiger partial charge on any atom is -0.507 e. The van der Waals surface area contributed by atoms with Crippen LogP contribution in [0.4, 0.5) is 0 Å². The van der Waals surface area contributed by atoms with Crippen LogP contribution in [-0.2, 0) is 0 Å². The van der Waals surface area contributed by atoms with Crippen molar-refractivity contribution in [3.8, 4) is 5.75 Å². The van der Waals surface area contributed by atoms with Gasteiger partial charge in [0, 0.05) is 10.9 Å². The van der Waals surface area contributed by atoms with Gasteiger partial charge in [-0.05, 0) is 44.2 Å². The number of aryl methyl sites for hydroxylation is 1. The Morgan fingerprint density at radius 3 is 2.67 bits per heavy atom. The number of benzene rings is 1. The number of para-hydroxylation sites is 1. The zero-order valence-corrected chi connectivity index (χ0v) is 12.0. The molecule has 4 heteroatoms. The summed E-state index contributed by atoms with van der Waals surface area (Å²) in [7, 11) is 0. The predicted octanol–water partition coefficient (Wildman–Crippen LogP) is 3.14. The molecule has 1 aliphatic rings. The van der Waals surface area contributed by atoms with Crippen LogP contribution in [-0.4, -0.2) is 21.9 Å². The van der Waals surface area contributed by atoms with Gasteiger partial charge < -0.3 is 10.4 Å². The van der Waals surface area contributed by atoms with Crippen LogP contribution in [0.5, 0.6) is 5.75 Å². The number of carbonyl (C=O) groups is 1. The first-order chi connectivity index (χ1) is 8.58. The van der Waals surface area contributed by atoms with Crippen molar-refractivity contribution < 1.29 is 9.90 Å². The fourth-order valence-corrected chi connectivity index (χ4v) is 2.83. The van der Waals surface area contributed by atoms with E-state index in [2.05, 4.69) is 21.2 Å². The maximum atomic E-state index is 12.1. The van der Waals surface area contributed by atoms with E-state index in [4.69, 9.17) is 0 Å². The Morgan fingerprint density at radius 1 is 1.33 bits per heavy atom. The zero-order valence-electron chi connectivity index (χ0n) is 10.4. The van der Waals surface area contributed by atoms with Crippen molar-refractivity contribution in [3.05, 3.63) is 29.3 Å². The number of amides is 1.